The molecular weight excluding hydrogens is 424 g/mol. The molecule has 0 amide bonds. The molecule has 1 heterocycles. The summed E-state index contributed by atoms with van der Waals surface area (Å²) in [6.45, 7) is 0.880. The zero-order valence-electron chi connectivity index (χ0n) is 17.5. The molecule has 31 heavy (non-hydrogen) atoms. The minimum Gasteiger partial charge on any atom is -0.415 e. The van der Waals surface area contributed by atoms with Gasteiger partial charge in [0.25, 0.3) is 5.89 Å². The molecule has 4 bridgehead atoms. The number of aromatic nitrogens is 2. The molecule has 0 spiro atoms. The van der Waals surface area contributed by atoms with Crippen LogP contribution in [0.1, 0.15) is 56.4 Å². The van der Waals surface area contributed by atoms with Crippen LogP contribution in [0.3, 0.4) is 0 Å². The van der Waals surface area contributed by atoms with Crippen LogP contribution in [0.4, 0.5) is 8.78 Å². The number of hydrogen-bond acceptors (Lipinski definition) is 5. The third-order valence-electron chi connectivity index (χ3n) is 7.33. The van der Waals surface area contributed by atoms with E-state index >= 15 is 0 Å². The molecule has 4 saturated carbocycles. The van der Waals surface area contributed by atoms with E-state index in [0.29, 0.717) is 18.7 Å². The summed E-state index contributed by atoms with van der Waals surface area (Å²) in [5.74, 6) is 1.60. The van der Waals surface area contributed by atoms with E-state index in [-0.39, 0.29) is 11.3 Å². The van der Waals surface area contributed by atoms with Gasteiger partial charge in [-0.15, -0.1) is 10.2 Å². The summed E-state index contributed by atoms with van der Waals surface area (Å²) < 4.78 is 57.2. The minimum absolute atomic E-state index is 0.0235. The second-order valence-electron chi connectivity index (χ2n) is 9.89. The van der Waals surface area contributed by atoms with Crippen LogP contribution in [0.5, 0.6) is 0 Å². The van der Waals surface area contributed by atoms with E-state index < -0.39 is 22.3 Å². The van der Waals surface area contributed by atoms with Gasteiger partial charge >= 0.3 is 6.43 Å². The number of hydrogen-bond donors (Lipinski definition) is 0. The highest BCUT2D eigenvalue weighted by atomic mass is 32.2. The van der Waals surface area contributed by atoms with Gasteiger partial charge in [0.1, 0.15) is 0 Å². The van der Waals surface area contributed by atoms with Crippen LogP contribution >= 0.6 is 0 Å². The molecule has 6 rings (SSSR count). The predicted octanol–water partition coefficient (Wildman–Crippen LogP) is 4.65. The Morgan fingerprint density at radius 2 is 1.65 bits per heavy atom. The lowest BCUT2D eigenvalue weighted by molar-refractivity contribution is -0.0607. The van der Waals surface area contributed by atoms with Gasteiger partial charge in [-0.05, 0) is 79.4 Å². The fourth-order valence-corrected chi connectivity index (χ4v) is 7.44. The maximum atomic E-state index is 12.7. The Balaban J connectivity index is 1.32. The molecule has 0 atom stereocenters. The van der Waals surface area contributed by atoms with E-state index in [9.17, 15) is 17.2 Å². The number of sulfonamides is 1. The first-order chi connectivity index (χ1) is 14.7. The summed E-state index contributed by atoms with van der Waals surface area (Å²) in [5, 5.41) is 7.00. The van der Waals surface area contributed by atoms with Crippen molar-refractivity contribution in [3.8, 4) is 11.5 Å². The Hall–Kier alpha value is -1.87. The SMILES string of the molecule is CS(=O)(=O)N(Cc1ccc(-c2nnc(C(F)F)o2)cc1)CC12CC3CC(CC(C3)C1)C2. The van der Waals surface area contributed by atoms with Crippen LogP contribution < -0.4 is 0 Å². The molecule has 1 aromatic carbocycles. The third kappa shape index (κ3) is 4.26. The zero-order chi connectivity index (χ0) is 21.8. The highest BCUT2D eigenvalue weighted by molar-refractivity contribution is 7.88. The second-order valence-corrected chi connectivity index (χ2v) is 11.9. The fraction of sp³-hybridized carbons (Fsp3) is 0.636. The molecule has 9 heteroatoms. The third-order valence-corrected chi connectivity index (χ3v) is 8.53. The number of benzene rings is 1. The molecular formula is C22H27F2N3O3S. The summed E-state index contributed by atoms with van der Waals surface area (Å²) >= 11 is 0. The Morgan fingerprint density at radius 3 is 2.13 bits per heavy atom. The van der Waals surface area contributed by atoms with Crippen LogP contribution in [-0.2, 0) is 16.6 Å². The summed E-state index contributed by atoms with van der Waals surface area (Å²) in [6, 6.07) is 6.98. The summed E-state index contributed by atoms with van der Waals surface area (Å²) in [5.41, 5.74) is 1.48. The molecule has 0 radical (unpaired) electrons. The summed E-state index contributed by atoms with van der Waals surface area (Å²) in [7, 11) is -3.37. The maximum absolute atomic E-state index is 12.7. The monoisotopic (exact) mass is 451 g/mol. The first-order valence-corrected chi connectivity index (χ1v) is 12.7. The van der Waals surface area contributed by atoms with Crippen molar-refractivity contribution in [3.63, 3.8) is 0 Å². The standard InChI is InChI=1S/C22H27F2N3O3S/c1-31(28,29)27(13-22-9-15-6-16(10-22)8-17(7-15)11-22)12-14-2-4-18(5-3-14)20-25-26-21(30-20)19(23)24/h2-5,15-17,19H,6-13H2,1H3. The molecule has 4 aliphatic rings. The summed E-state index contributed by atoms with van der Waals surface area (Å²) in [4.78, 5) is 0. The van der Waals surface area contributed by atoms with Gasteiger partial charge in [-0.1, -0.05) is 12.1 Å². The van der Waals surface area contributed by atoms with Gasteiger partial charge in [-0.25, -0.2) is 8.42 Å². The van der Waals surface area contributed by atoms with Crippen LogP contribution in [0, 0.1) is 23.2 Å². The average Bonchev–Trinajstić information content (AvgIpc) is 3.17. The van der Waals surface area contributed by atoms with E-state index in [2.05, 4.69) is 10.2 Å². The van der Waals surface area contributed by atoms with Crippen molar-refractivity contribution >= 4 is 10.0 Å². The largest absolute Gasteiger partial charge is 0.415 e. The number of halogens is 2. The van der Waals surface area contributed by atoms with Crippen molar-refractivity contribution < 1.29 is 21.6 Å². The molecule has 0 unspecified atom stereocenters. The lowest BCUT2D eigenvalue weighted by atomic mass is 9.49. The lowest BCUT2D eigenvalue weighted by Gasteiger charge is -2.57. The number of alkyl halides is 2. The van der Waals surface area contributed by atoms with E-state index in [4.69, 9.17) is 4.42 Å². The van der Waals surface area contributed by atoms with E-state index in [1.54, 1.807) is 28.6 Å². The lowest BCUT2D eigenvalue weighted by Crippen LogP contribution is -2.51. The van der Waals surface area contributed by atoms with Gasteiger partial charge in [-0.3, -0.25) is 0 Å². The van der Waals surface area contributed by atoms with E-state index in [0.717, 1.165) is 42.6 Å². The molecule has 1 aromatic heterocycles. The smallest absolute Gasteiger partial charge is 0.314 e. The van der Waals surface area contributed by atoms with Gasteiger partial charge in [0.05, 0.1) is 6.26 Å². The second kappa shape index (κ2) is 7.62. The molecule has 168 valence electrons. The van der Waals surface area contributed by atoms with Crippen molar-refractivity contribution in [1.82, 2.24) is 14.5 Å². The van der Waals surface area contributed by atoms with Crippen molar-refractivity contribution in [3.05, 3.63) is 35.7 Å². The minimum atomic E-state index is -3.37. The number of rotatable bonds is 7. The fourth-order valence-electron chi connectivity index (χ4n) is 6.54. The zero-order valence-corrected chi connectivity index (χ0v) is 18.3. The first kappa shape index (κ1) is 21.0. The normalized spacial score (nSPS) is 29.9. The average molecular weight is 452 g/mol. The highest BCUT2D eigenvalue weighted by Gasteiger charge is 2.51. The molecule has 4 aliphatic carbocycles. The van der Waals surface area contributed by atoms with Crippen molar-refractivity contribution in [2.75, 3.05) is 12.8 Å². The van der Waals surface area contributed by atoms with Crippen LogP contribution in [-0.4, -0.2) is 35.7 Å². The van der Waals surface area contributed by atoms with Crippen molar-refractivity contribution in [2.24, 2.45) is 23.2 Å². The Labute approximate surface area is 181 Å². The topological polar surface area (TPSA) is 76.3 Å². The molecule has 0 aliphatic heterocycles. The van der Waals surface area contributed by atoms with E-state index in [1.165, 1.54) is 25.5 Å². The molecule has 6 nitrogen and oxygen atoms in total. The van der Waals surface area contributed by atoms with Crippen molar-refractivity contribution in [2.45, 2.75) is 51.5 Å². The van der Waals surface area contributed by atoms with Crippen LogP contribution in [0.15, 0.2) is 28.7 Å². The summed E-state index contributed by atoms with van der Waals surface area (Å²) in [6.07, 6.45) is 5.88. The predicted molar refractivity (Wildman–Crippen MR) is 111 cm³/mol. The molecule has 0 N–H and O–H groups in total. The van der Waals surface area contributed by atoms with Gasteiger partial charge < -0.3 is 4.42 Å². The van der Waals surface area contributed by atoms with Gasteiger partial charge in [0, 0.05) is 18.7 Å². The maximum Gasteiger partial charge on any atom is 0.314 e. The van der Waals surface area contributed by atoms with Crippen LogP contribution in [0.2, 0.25) is 0 Å². The first-order valence-electron chi connectivity index (χ1n) is 10.9. The highest BCUT2D eigenvalue weighted by Crippen LogP contribution is 2.60. The molecule has 4 fully saturated rings. The van der Waals surface area contributed by atoms with Crippen LogP contribution in [0.25, 0.3) is 11.5 Å². The van der Waals surface area contributed by atoms with E-state index in [1.807, 2.05) is 0 Å². The quantitative estimate of drug-likeness (QED) is 0.612. The number of nitrogens with zero attached hydrogens (tertiary/aromatic N) is 3. The Morgan fingerprint density at radius 1 is 1.06 bits per heavy atom. The van der Waals surface area contributed by atoms with Gasteiger partial charge in [0.15, 0.2) is 0 Å². The molecule has 0 saturated heterocycles. The molecule has 2 aromatic rings. The Kier molecular flexibility index (Phi) is 5.16. The van der Waals surface area contributed by atoms with Gasteiger partial charge in [0.2, 0.25) is 15.9 Å². The van der Waals surface area contributed by atoms with Crippen molar-refractivity contribution in [1.29, 1.82) is 0 Å². The Bertz CT molecular complexity index is 1020. The van der Waals surface area contributed by atoms with Gasteiger partial charge in [-0.2, -0.15) is 13.1 Å².